The maximum absolute atomic E-state index is 13.9. The highest BCUT2D eigenvalue weighted by atomic mass is 35.5. The van der Waals surface area contributed by atoms with Gasteiger partial charge in [-0.25, -0.2) is 26.4 Å². The van der Waals surface area contributed by atoms with Gasteiger partial charge in [0.1, 0.15) is 21.4 Å². The minimum absolute atomic E-state index is 0.236. The molecule has 2 N–H and O–H groups in total. The van der Waals surface area contributed by atoms with Crippen molar-refractivity contribution < 1.29 is 21.2 Å². The summed E-state index contributed by atoms with van der Waals surface area (Å²) < 4.78 is 58.2. The van der Waals surface area contributed by atoms with Crippen molar-refractivity contribution in [2.45, 2.75) is 10.6 Å². The van der Waals surface area contributed by atoms with Gasteiger partial charge in [-0.3, -0.25) is 0 Å². The standard InChI is InChI=1S/C13H11ClFNO4S2/c14-10-3-1-9(7-21(17)18)11(6-10)8-2-4-13(12(15)5-8)22(16,19)20/h1-6,21H,7H2,(H2,16,19,20). The smallest absolute Gasteiger partial charge is 0.232 e. The van der Waals surface area contributed by atoms with Crippen LogP contribution in [0.5, 0.6) is 0 Å². The Morgan fingerprint density at radius 3 is 2.36 bits per heavy atom. The molecule has 0 fully saturated rings. The Hall–Kier alpha value is -1.48. The second kappa shape index (κ2) is 6.33. The van der Waals surface area contributed by atoms with Gasteiger partial charge in [0.25, 0.3) is 0 Å². The van der Waals surface area contributed by atoms with Crippen LogP contribution in [0, 0.1) is 5.82 Å². The number of primary sulfonamides is 1. The lowest BCUT2D eigenvalue weighted by atomic mass is 10.0. The molecule has 0 aliphatic heterocycles. The van der Waals surface area contributed by atoms with Crippen molar-refractivity contribution in [1.82, 2.24) is 0 Å². The molecular weight excluding hydrogens is 353 g/mol. The van der Waals surface area contributed by atoms with Gasteiger partial charge in [-0.05, 0) is 41.0 Å². The molecule has 2 rings (SSSR count). The SMILES string of the molecule is NS(=O)(=O)c1ccc(-c2cc(Cl)ccc2C[SH](=O)=O)cc1F. The lowest BCUT2D eigenvalue weighted by Gasteiger charge is -2.10. The molecule has 0 aliphatic rings. The third-order valence-electron chi connectivity index (χ3n) is 2.92. The van der Waals surface area contributed by atoms with Crippen LogP contribution in [0.2, 0.25) is 5.02 Å². The van der Waals surface area contributed by atoms with Gasteiger partial charge in [-0.2, -0.15) is 0 Å². The highest BCUT2D eigenvalue weighted by molar-refractivity contribution is 7.89. The molecule has 0 aromatic heterocycles. The number of hydrogen-bond acceptors (Lipinski definition) is 4. The number of hydrogen-bond donors (Lipinski definition) is 2. The average Bonchev–Trinajstić information content (AvgIpc) is 2.38. The molecule has 0 unspecified atom stereocenters. The van der Waals surface area contributed by atoms with Crippen molar-refractivity contribution >= 4 is 32.3 Å². The van der Waals surface area contributed by atoms with Gasteiger partial charge >= 0.3 is 0 Å². The van der Waals surface area contributed by atoms with Gasteiger partial charge in [0.2, 0.25) is 10.0 Å². The first-order valence-electron chi connectivity index (χ1n) is 5.91. The van der Waals surface area contributed by atoms with Crippen LogP contribution in [0.4, 0.5) is 4.39 Å². The summed E-state index contributed by atoms with van der Waals surface area (Å²) >= 11 is 5.89. The molecule has 5 nitrogen and oxygen atoms in total. The van der Waals surface area contributed by atoms with Crippen LogP contribution in [0.15, 0.2) is 41.3 Å². The zero-order valence-electron chi connectivity index (χ0n) is 11.0. The predicted octanol–water partition coefficient (Wildman–Crippen LogP) is 1.90. The third-order valence-corrected chi connectivity index (χ3v) is 4.70. The molecule has 0 heterocycles. The monoisotopic (exact) mass is 363 g/mol. The van der Waals surface area contributed by atoms with E-state index in [1.54, 1.807) is 0 Å². The molecule has 22 heavy (non-hydrogen) atoms. The summed E-state index contributed by atoms with van der Waals surface area (Å²) in [6, 6.07) is 7.88. The molecule has 0 bridgehead atoms. The van der Waals surface area contributed by atoms with E-state index in [9.17, 15) is 21.2 Å². The Morgan fingerprint density at radius 2 is 1.82 bits per heavy atom. The molecule has 0 saturated carbocycles. The Kier molecular flexibility index (Phi) is 4.86. The van der Waals surface area contributed by atoms with E-state index in [0.717, 1.165) is 12.1 Å². The Labute approximate surface area is 133 Å². The highest BCUT2D eigenvalue weighted by Gasteiger charge is 2.16. The Balaban J connectivity index is 2.62. The van der Waals surface area contributed by atoms with E-state index in [4.69, 9.17) is 16.7 Å². The molecule has 2 aromatic carbocycles. The molecular formula is C13H11ClFNO4S2. The summed E-state index contributed by atoms with van der Waals surface area (Å²) in [7, 11) is -6.85. The van der Waals surface area contributed by atoms with Gasteiger partial charge in [-0.1, -0.05) is 23.7 Å². The first kappa shape index (κ1) is 16.9. The van der Waals surface area contributed by atoms with Crippen LogP contribution in [0.1, 0.15) is 5.56 Å². The van der Waals surface area contributed by atoms with E-state index in [2.05, 4.69) is 0 Å². The van der Waals surface area contributed by atoms with E-state index >= 15 is 0 Å². The number of halogens is 2. The lowest BCUT2D eigenvalue weighted by molar-refractivity contribution is 0.568. The van der Waals surface area contributed by atoms with E-state index < -0.39 is 31.4 Å². The van der Waals surface area contributed by atoms with Crippen molar-refractivity contribution in [2.75, 3.05) is 0 Å². The topological polar surface area (TPSA) is 94.3 Å². The van der Waals surface area contributed by atoms with E-state index in [-0.39, 0.29) is 5.75 Å². The predicted molar refractivity (Wildman–Crippen MR) is 82.2 cm³/mol. The summed E-state index contributed by atoms with van der Waals surface area (Å²) in [6.45, 7) is 0. The van der Waals surface area contributed by atoms with Gasteiger partial charge in [-0.15, -0.1) is 0 Å². The number of benzene rings is 2. The fourth-order valence-corrected chi connectivity index (χ4v) is 3.31. The largest absolute Gasteiger partial charge is 0.240 e. The van der Waals surface area contributed by atoms with Crippen LogP contribution in [-0.4, -0.2) is 16.8 Å². The summed E-state index contributed by atoms with van der Waals surface area (Å²) in [6.07, 6.45) is 0. The fourth-order valence-electron chi connectivity index (χ4n) is 1.99. The van der Waals surface area contributed by atoms with E-state index in [0.29, 0.717) is 21.7 Å². The summed E-state index contributed by atoms with van der Waals surface area (Å²) in [4.78, 5) is -0.630. The normalized spacial score (nSPS) is 11.8. The zero-order chi connectivity index (χ0) is 16.5. The summed E-state index contributed by atoms with van der Waals surface area (Å²) in [5.74, 6) is -1.25. The third kappa shape index (κ3) is 3.83. The van der Waals surface area contributed by atoms with Crippen molar-refractivity contribution in [3.8, 4) is 11.1 Å². The Bertz CT molecular complexity index is 902. The first-order chi connectivity index (χ1) is 10.2. The molecule has 9 heteroatoms. The molecule has 0 saturated heterocycles. The number of sulfonamides is 1. The molecule has 0 aliphatic carbocycles. The van der Waals surface area contributed by atoms with Gasteiger partial charge < -0.3 is 0 Å². The van der Waals surface area contributed by atoms with E-state index in [1.165, 1.54) is 24.3 Å². The van der Waals surface area contributed by atoms with Crippen LogP contribution in [-0.2, 0) is 26.5 Å². The first-order valence-corrected chi connectivity index (χ1v) is 9.20. The molecule has 0 spiro atoms. The quantitative estimate of drug-likeness (QED) is 0.811. The van der Waals surface area contributed by atoms with Crippen LogP contribution < -0.4 is 5.14 Å². The zero-order valence-corrected chi connectivity index (χ0v) is 13.5. The number of nitrogens with two attached hydrogens (primary N) is 1. The van der Waals surface area contributed by atoms with Gasteiger partial charge in [0.05, 0.1) is 5.75 Å². The van der Waals surface area contributed by atoms with Crippen LogP contribution in [0.3, 0.4) is 0 Å². The Morgan fingerprint density at radius 1 is 1.14 bits per heavy atom. The van der Waals surface area contributed by atoms with Crippen LogP contribution >= 0.6 is 11.6 Å². The second-order valence-corrected chi connectivity index (χ2v) is 7.43. The minimum Gasteiger partial charge on any atom is -0.232 e. The molecule has 0 atom stereocenters. The molecule has 0 radical (unpaired) electrons. The van der Waals surface area contributed by atoms with Crippen molar-refractivity contribution in [1.29, 1.82) is 0 Å². The average molecular weight is 364 g/mol. The molecule has 0 amide bonds. The second-order valence-electron chi connectivity index (χ2n) is 4.48. The number of rotatable bonds is 4. The fraction of sp³-hybridized carbons (Fsp3) is 0.0769. The van der Waals surface area contributed by atoms with Crippen LogP contribution in [0.25, 0.3) is 11.1 Å². The van der Waals surface area contributed by atoms with Gasteiger partial charge in [0.15, 0.2) is 0 Å². The minimum atomic E-state index is -4.17. The molecule has 118 valence electrons. The maximum atomic E-state index is 13.9. The lowest BCUT2D eigenvalue weighted by Crippen LogP contribution is -2.14. The summed E-state index contributed by atoms with van der Waals surface area (Å²) in [5, 5.41) is 5.24. The van der Waals surface area contributed by atoms with Gasteiger partial charge in [0, 0.05) is 5.02 Å². The maximum Gasteiger partial charge on any atom is 0.240 e. The van der Waals surface area contributed by atoms with Crippen molar-refractivity contribution in [3.05, 3.63) is 52.8 Å². The van der Waals surface area contributed by atoms with E-state index in [1.807, 2.05) is 0 Å². The molecule has 2 aromatic rings. The van der Waals surface area contributed by atoms with Crippen molar-refractivity contribution in [3.63, 3.8) is 0 Å². The highest BCUT2D eigenvalue weighted by Crippen LogP contribution is 2.29. The number of thiol groups is 1. The van der Waals surface area contributed by atoms with Crippen molar-refractivity contribution in [2.24, 2.45) is 5.14 Å². The summed E-state index contributed by atoms with van der Waals surface area (Å²) in [5.41, 5.74) is 1.15.